The van der Waals surface area contributed by atoms with E-state index in [4.69, 9.17) is 30.8 Å². The van der Waals surface area contributed by atoms with E-state index in [2.05, 4.69) is 50.4 Å². The molecule has 0 bridgehead atoms. The second-order valence-electron chi connectivity index (χ2n) is 4.93. The summed E-state index contributed by atoms with van der Waals surface area (Å²) in [7, 11) is 7.36. The summed E-state index contributed by atoms with van der Waals surface area (Å²) in [6.45, 7) is 1.93. The van der Waals surface area contributed by atoms with Gasteiger partial charge in [-0.15, -0.1) is 11.6 Å². The van der Waals surface area contributed by atoms with Gasteiger partial charge in [-0.1, -0.05) is 15.5 Å². The molecule has 3 aromatic heterocycles. The number of rotatable bonds is 3. The number of carboxylic acids is 1. The van der Waals surface area contributed by atoms with E-state index in [-0.39, 0.29) is 20.8 Å². The third kappa shape index (κ3) is 20.0. The molecule has 0 aromatic carbocycles. The van der Waals surface area contributed by atoms with Crippen molar-refractivity contribution < 1.29 is 37.5 Å². The first kappa shape index (κ1) is 32.3. The first-order valence-corrected chi connectivity index (χ1v) is 11.7. The van der Waals surface area contributed by atoms with E-state index in [1.807, 2.05) is 0 Å². The van der Waals surface area contributed by atoms with Crippen LogP contribution in [0.25, 0.3) is 0 Å². The van der Waals surface area contributed by atoms with Gasteiger partial charge in [0.2, 0.25) is 15.0 Å². The van der Waals surface area contributed by atoms with E-state index in [9.17, 15) is 4.79 Å². The lowest BCUT2D eigenvalue weighted by molar-refractivity contribution is 0.0652. The van der Waals surface area contributed by atoms with Crippen LogP contribution >= 0.6 is 33.0 Å². The van der Waals surface area contributed by atoms with Gasteiger partial charge in [-0.05, 0) is 12.8 Å². The molecule has 0 aliphatic carbocycles. The molecule has 11 nitrogen and oxygen atoms in total. The van der Waals surface area contributed by atoms with Crippen LogP contribution in [0.2, 0.25) is 0 Å². The maximum atomic E-state index is 9.93. The first-order valence-electron chi connectivity index (χ1n) is 8.32. The Labute approximate surface area is 201 Å². The van der Waals surface area contributed by atoms with E-state index in [1.54, 1.807) is 18.3 Å². The van der Waals surface area contributed by atoms with Gasteiger partial charge in [0.1, 0.15) is 6.61 Å². The SMILES string of the molecule is C1CCOC1.ClCc1ccno1.O=C(O)c1ccno1.O=S(Cl)Cl.OCc1ccno1.[B]. The third-order valence-electron chi connectivity index (χ3n) is 2.75. The molecule has 32 heavy (non-hydrogen) atoms. The topological polar surface area (TPSA) is 162 Å². The lowest BCUT2D eigenvalue weighted by Crippen LogP contribution is -1.91. The number of ether oxygens (including phenoxy) is 1. The molecule has 1 fully saturated rings. The fourth-order valence-corrected chi connectivity index (χ4v) is 1.61. The molecule has 3 radical (unpaired) electrons. The van der Waals surface area contributed by atoms with Crippen molar-refractivity contribution in [1.82, 2.24) is 15.5 Å². The summed E-state index contributed by atoms with van der Waals surface area (Å²) >= 11 is 5.33. The molecule has 1 aliphatic heterocycles. The highest BCUT2D eigenvalue weighted by atomic mass is 36.0. The van der Waals surface area contributed by atoms with Gasteiger partial charge in [0, 0.05) is 61.2 Å². The van der Waals surface area contributed by atoms with Gasteiger partial charge in [0.25, 0.3) is 0 Å². The van der Waals surface area contributed by atoms with Gasteiger partial charge >= 0.3 is 5.97 Å². The number of alkyl halides is 1. The minimum atomic E-state index is -1.67. The van der Waals surface area contributed by atoms with Crippen molar-refractivity contribution >= 4 is 56.6 Å². The molecule has 177 valence electrons. The van der Waals surface area contributed by atoms with E-state index in [0.29, 0.717) is 17.4 Å². The van der Waals surface area contributed by atoms with Crippen LogP contribution in [-0.4, -0.2) is 57.5 Å². The molecule has 0 saturated carbocycles. The van der Waals surface area contributed by atoms with Gasteiger partial charge in [-0.25, -0.2) is 9.00 Å². The molecule has 4 heterocycles. The second kappa shape index (κ2) is 22.3. The van der Waals surface area contributed by atoms with Crippen LogP contribution in [-0.2, 0) is 26.5 Å². The van der Waals surface area contributed by atoms with Crippen molar-refractivity contribution in [3.8, 4) is 0 Å². The molecule has 0 atom stereocenters. The predicted octanol–water partition coefficient (Wildman–Crippen LogP) is 3.41. The van der Waals surface area contributed by atoms with E-state index >= 15 is 0 Å². The third-order valence-corrected chi connectivity index (χ3v) is 3.01. The van der Waals surface area contributed by atoms with Crippen molar-refractivity contribution in [2.75, 3.05) is 13.2 Å². The molecule has 0 amide bonds. The number of aromatic nitrogens is 3. The van der Waals surface area contributed by atoms with Crippen molar-refractivity contribution in [3.05, 3.63) is 54.1 Å². The van der Waals surface area contributed by atoms with Crippen LogP contribution in [0.15, 0.2) is 50.4 Å². The Morgan fingerprint density at radius 2 is 1.44 bits per heavy atom. The van der Waals surface area contributed by atoms with Crippen molar-refractivity contribution in [2.24, 2.45) is 0 Å². The molecular formula is C16H20BCl3N3O8S. The maximum Gasteiger partial charge on any atom is 0.374 e. The van der Waals surface area contributed by atoms with Crippen LogP contribution in [0.5, 0.6) is 0 Å². The highest BCUT2D eigenvalue weighted by Crippen LogP contribution is 1.99. The number of hydrogen-bond donors (Lipinski definition) is 2. The Morgan fingerprint density at radius 3 is 1.62 bits per heavy atom. The first-order chi connectivity index (χ1) is 14.9. The fraction of sp³-hybridized carbons (Fsp3) is 0.375. The van der Waals surface area contributed by atoms with Crippen LogP contribution in [0.1, 0.15) is 34.9 Å². The van der Waals surface area contributed by atoms with E-state index in [0.717, 1.165) is 13.2 Å². The van der Waals surface area contributed by atoms with Crippen molar-refractivity contribution in [1.29, 1.82) is 0 Å². The van der Waals surface area contributed by atoms with Crippen LogP contribution < -0.4 is 0 Å². The lowest BCUT2D eigenvalue weighted by Gasteiger charge is -1.76. The standard InChI is InChI=1S/C4H4ClNO.C4H3NO3.C4H5NO2.C4H8O.B.Cl2OS/c5-3-4-1-2-6-7-4;6-4(7)3-1-2-5-8-3;6-3-4-1-2-5-7-4;1-2-4-5-3-1;;1-4(2)3/h1-2H,3H2;1-2H,(H,6,7);1-2,6H,3H2;1-4H2;;. The summed E-state index contributed by atoms with van der Waals surface area (Å²) in [5, 5.41) is 26.4. The minimum absolute atomic E-state index is 0. The fourth-order valence-electron chi connectivity index (χ4n) is 1.47. The lowest BCUT2D eigenvalue weighted by atomic mass is 10.4. The normalized spacial score (nSPS) is 11.2. The van der Waals surface area contributed by atoms with Gasteiger partial charge < -0.3 is 28.5 Å². The molecule has 16 heteroatoms. The Kier molecular flexibility index (Phi) is 22.5. The average molecular weight is 532 g/mol. The smallest absolute Gasteiger partial charge is 0.374 e. The Balaban J connectivity index is 0. The second-order valence-corrected chi connectivity index (χ2v) is 7.73. The summed E-state index contributed by atoms with van der Waals surface area (Å²) in [4.78, 5) is 9.93. The van der Waals surface area contributed by atoms with Gasteiger partial charge in [-0.3, -0.25) is 0 Å². The van der Waals surface area contributed by atoms with Gasteiger partial charge in [0.15, 0.2) is 11.5 Å². The summed E-state index contributed by atoms with van der Waals surface area (Å²) in [5.74, 6) is 0.383. The zero-order valence-corrected chi connectivity index (χ0v) is 19.6. The molecule has 1 aliphatic rings. The molecule has 3 aromatic rings. The predicted molar refractivity (Wildman–Crippen MR) is 118 cm³/mol. The van der Waals surface area contributed by atoms with Crippen molar-refractivity contribution in [2.45, 2.75) is 25.3 Å². The minimum Gasteiger partial charge on any atom is -0.475 e. The Morgan fingerprint density at radius 1 is 0.969 bits per heavy atom. The number of aliphatic hydroxyl groups excluding tert-OH is 1. The largest absolute Gasteiger partial charge is 0.475 e. The summed E-state index contributed by atoms with van der Waals surface area (Å²) < 4.78 is 27.4. The van der Waals surface area contributed by atoms with E-state index < -0.39 is 15.2 Å². The number of hydrogen-bond acceptors (Lipinski definition) is 10. The summed E-state index contributed by atoms with van der Waals surface area (Å²) in [6.07, 6.45) is 6.90. The Bertz CT molecular complexity index is 746. The van der Waals surface area contributed by atoms with Crippen molar-refractivity contribution in [3.63, 3.8) is 0 Å². The highest BCUT2D eigenvalue weighted by Gasteiger charge is 2.03. The molecule has 0 unspecified atom stereocenters. The number of nitrogens with zero attached hydrogens (tertiary/aromatic N) is 3. The number of aromatic carboxylic acids is 1. The van der Waals surface area contributed by atoms with Crippen LogP contribution in [0.3, 0.4) is 0 Å². The molecule has 1 saturated heterocycles. The van der Waals surface area contributed by atoms with Crippen LogP contribution in [0, 0.1) is 0 Å². The van der Waals surface area contributed by atoms with E-state index in [1.165, 1.54) is 31.3 Å². The number of halogens is 3. The average Bonchev–Trinajstić information content (AvgIpc) is 3.57. The monoisotopic (exact) mass is 530 g/mol. The van der Waals surface area contributed by atoms with Gasteiger partial charge in [-0.2, -0.15) is 0 Å². The number of carboxylic acid groups (broad SMARTS) is 1. The maximum absolute atomic E-state index is 9.93. The van der Waals surface area contributed by atoms with Crippen LogP contribution in [0.4, 0.5) is 0 Å². The molecule has 0 spiro atoms. The zero-order valence-electron chi connectivity index (χ0n) is 16.5. The number of aliphatic hydroxyl groups is 1. The van der Waals surface area contributed by atoms with Gasteiger partial charge in [0.05, 0.1) is 24.5 Å². The molecular weight excluding hydrogens is 511 g/mol. The quantitative estimate of drug-likeness (QED) is 0.289. The number of carbonyl (C=O) groups is 1. The Hall–Kier alpha value is -1.90. The zero-order chi connectivity index (χ0) is 23.3. The summed E-state index contributed by atoms with van der Waals surface area (Å²) in [6, 6.07) is 4.62. The molecule has 4 rings (SSSR count). The molecule has 2 N–H and O–H groups in total. The highest BCUT2D eigenvalue weighted by molar-refractivity contribution is 8.26. The summed E-state index contributed by atoms with van der Waals surface area (Å²) in [5.41, 5.74) is 0.